The lowest BCUT2D eigenvalue weighted by Gasteiger charge is -2.42. The highest BCUT2D eigenvalue weighted by molar-refractivity contribution is 5.87. The van der Waals surface area contributed by atoms with Gasteiger partial charge in [0.25, 0.3) is 5.91 Å². The molecule has 2 aliphatic heterocycles. The van der Waals surface area contributed by atoms with Crippen molar-refractivity contribution in [2.75, 3.05) is 65.1 Å². The zero-order valence-electron chi connectivity index (χ0n) is 43.4. The molecule has 4 amide bonds. The molecule has 2 aromatic carbocycles. The zero-order valence-corrected chi connectivity index (χ0v) is 43.4. The number of halogens is 10. The summed E-state index contributed by atoms with van der Waals surface area (Å²) in [7, 11) is 1.60. The molecule has 430 valence electrons. The summed E-state index contributed by atoms with van der Waals surface area (Å²) >= 11 is 0. The smallest absolute Gasteiger partial charge is 0.407 e. The molecule has 0 saturated carbocycles. The molecular weight excluding hydrogens is 1070 g/mol. The first-order valence-electron chi connectivity index (χ1n) is 24.3. The van der Waals surface area contributed by atoms with E-state index in [1.54, 1.807) is 17.6 Å². The van der Waals surface area contributed by atoms with Gasteiger partial charge in [-0.3, -0.25) is 19.9 Å². The molecule has 79 heavy (non-hydrogen) atoms. The van der Waals surface area contributed by atoms with E-state index in [0.29, 0.717) is 62.0 Å². The summed E-state index contributed by atoms with van der Waals surface area (Å²) in [4.78, 5) is 61.9. The molecule has 0 aliphatic carbocycles. The van der Waals surface area contributed by atoms with Crippen molar-refractivity contribution >= 4 is 29.8 Å². The molecule has 2 fully saturated rings. The van der Waals surface area contributed by atoms with Crippen LogP contribution in [0, 0.1) is 34.3 Å². The number of hydrazine groups is 1. The van der Waals surface area contributed by atoms with E-state index >= 15 is 8.78 Å². The fourth-order valence-electron chi connectivity index (χ4n) is 8.33. The van der Waals surface area contributed by atoms with Gasteiger partial charge in [-0.25, -0.2) is 33.0 Å². The Bertz CT molecular complexity index is 2810. The second-order valence-electron chi connectivity index (χ2n) is 19.8. The van der Waals surface area contributed by atoms with Crippen molar-refractivity contribution in [1.29, 1.82) is 0 Å². The number of piperazine rings is 1. The summed E-state index contributed by atoms with van der Waals surface area (Å²) < 4.78 is 160. The molecule has 4 aromatic rings. The van der Waals surface area contributed by atoms with Gasteiger partial charge in [0.05, 0.1) is 62.6 Å². The first-order valence-corrected chi connectivity index (χ1v) is 24.3. The first kappa shape index (κ1) is 61.0. The summed E-state index contributed by atoms with van der Waals surface area (Å²) in [6.07, 6.45) is -12.7. The molecule has 6 rings (SSSR count). The summed E-state index contributed by atoms with van der Waals surface area (Å²) in [6.45, 7) is 1.63. The Kier molecular flexibility index (Phi) is 19.5. The highest BCUT2D eigenvalue weighted by atomic mass is 19.4. The van der Waals surface area contributed by atoms with Crippen LogP contribution in [0.2, 0.25) is 0 Å². The average Bonchev–Trinajstić information content (AvgIpc) is 3.90. The maximum Gasteiger partial charge on any atom is 0.407 e. The Morgan fingerprint density at radius 2 is 1.32 bits per heavy atom. The predicted octanol–water partition coefficient (Wildman–Crippen LogP) is 6.09. The molecule has 2 aliphatic rings. The van der Waals surface area contributed by atoms with Gasteiger partial charge in [0.1, 0.15) is 29.5 Å². The minimum atomic E-state index is -5.23. The van der Waals surface area contributed by atoms with Crippen LogP contribution in [0.4, 0.5) is 59.3 Å². The van der Waals surface area contributed by atoms with Gasteiger partial charge in [-0.05, 0) is 81.6 Å². The lowest BCUT2D eigenvalue weighted by molar-refractivity contribution is -0.221. The number of carbonyl (C=O) groups is 4. The Hall–Kier alpha value is -7.22. The molecule has 0 bridgehead atoms. The average molecular weight is 1130 g/mol. The molecule has 4 heterocycles. The summed E-state index contributed by atoms with van der Waals surface area (Å²) in [6, 6.07) is 4.70. The molecule has 2 aromatic heterocycles. The molecular formula is C51H58F10N10O8. The van der Waals surface area contributed by atoms with Crippen LogP contribution in [-0.4, -0.2) is 157 Å². The van der Waals surface area contributed by atoms with Crippen LogP contribution in [0.5, 0.6) is 0 Å². The Morgan fingerprint density at radius 1 is 0.772 bits per heavy atom. The van der Waals surface area contributed by atoms with Gasteiger partial charge in [0.15, 0.2) is 0 Å². The second-order valence-corrected chi connectivity index (χ2v) is 19.8. The van der Waals surface area contributed by atoms with Crippen LogP contribution >= 0.6 is 0 Å². The van der Waals surface area contributed by atoms with E-state index in [9.17, 15) is 59.4 Å². The van der Waals surface area contributed by atoms with E-state index in [4.69, 9.17) is 4.74 Å². The van der Waals surface area contributed by atoms with Gasteiger partial charge >= 0.3 is 31.1 Å². The number of amides is 4. The van der Waals surface area contributed by atoms with E-state index in [1.165, 1.54) is 24.3 Å². The van der Waals surface area contributed by atoms with E-state index in [0.717, 1.165) is 71.8 Å². The number of rotatable bonds is 19. The molecule has 0 radical (unpaired) electrons. The van der Waals surface area contributed by atoms with Gasteiger partial charge in [0, 0.05) is 73.9 Å². The number of anilines is 1. The third kappa shape index (κ3) is 15.1. The first-order chi connectivity index (χ1) is 37.0. The van der Waals surface area contributed by atoms with Gasteiger partial charge in [-0.2, -0.15) is 40.2 Å². The number of carbonyl (C=O) groups excluding carboxylic acids is 4. The molecule has 18 nitrogen and oxygen atoms in total. The van der Waals surface area contributed by atoms with Gasteiger partial charge in [0.2, 0.25) is 5.91 Å². The van der Waals surface area contributed by atoms with E-state index in [-0.39, 0.29) is 21.4 Å². The predicted molar refractivity (Wildman–Crippen MR) is 262 cm³/mol. The highest BCUT2D eigenvalue weighted by Gasteiger charge is 2.57. The number of aliphatic hydroxyl groups excluding tert-OH is 1. The van der Waals surface area contributed by atoms with Crippen molar-refractivity contribution in [3.8, 4) is 23.0 Å². The number of hydrogen-bond acceptors (Lipinski definition) is 13. The molecule has 2 saturated heterocycles. The third-order valence-corrected chi connectivity index (χ3v) is 13.7. The third-order valence-electron chi connectivity index (χ3n) is 13.7. The van der Waals surface area contributed by atoms with Gasteiger partial charge < -0.3 is 40.2 Å². The van der Waals surface area contributed by atoms with Crippen LogP contribution in [0.3, 0.4) is 0 Å². The number of nitrogens with one attached hydrogen (secondary N) is 4. The largest absolute Gasteiger partial charge is 0.453 e. The van der Waals surface area contributed by atoms with Gasteiger partial charge in [-0.15, -0.1) is 0 Å². The SMILES string of the molecule is COC(=O)N[C@H](C(=O)N[C@@H](Cc1ccc(C#Cc2ccc(N3CCN(C4COC4)CC3)nc2)cc1)[C@@H](O)CN(Cc1c(F)cc(-c2cnn(C(F)F)c2)cc1F)NC(=O)[C@@H](NC(=O)OC)C(C)(C)C(F)(F)F)C(C)(C)C(F)(F)F. The molecule has 0 unspecified atom stereocenters. The number of alkyl halides is 8. The summed E-state index contributed by atoms with van der Waals surface area (Å²) in [5.41, 5.74) is -4.24. The lowest BCUT2D eigenvalue weighted by Crippen LogP contribution is -2.63. The number of benzene rings is 2. The number of ether oxygens (including phenoxy) is 3. The number of pyridine rings is 1. The number of aliphatic hydroxyl groups is 1. The summed E-state index contributed by atoms with van der Waals surface area (Å²) in [5.74, 6) is 0.718. The van der Waals surface area contributed by atoms with Crippen molar-refractivity contribution in [2.45, 2.75) is 89.8 Å². The second kappa shape index (κ2) is 25.3. The number of hydrogen-bond donors (Lipinski definition) is 5. The number of aromatic nitrogens is 3. The highest BCUT2D eigenvalue weighted by Crippen LogP contribution is 2.42. The Morgan fingerprint density at radius 3 is 1.80 bits per heavy atom. The maximum atomic E-state index is 16.0. The van der Waals surface area contributed by atoms with Crippen LogP contribution < -0.4 is 26.3 Å². The number of methoxy groups -OCH3 is 2. The Balaban J connectivity index is 1.32. The standard InChI is InChI=1S/C51H58F10N10O8/c1-48(2,50(56,57)58)41(65-46(75)77-5)43(73)64-38(19-30-10-7-29(8-11-30)9-12-31-13-14-40(62-22-31)69-17-15-68(16-18-69)34-27-79-28-34)39(72)26-70(67-44(74)42(66-47(76)78-6)49(3,4)51(59,60)61)25-35-36(52)20-32(21-37(35)53)33-23-63-71(24-33)45(54)55/h7-8,10-11,13-14,20-24,34,38-39,41-42,45,72H,15-19,25-28H2,1-6H3,(H,64,73)(H,65,75)(H,66,76)(H,67,74)/t38-,39-,41+,42+/m0/s1. The van der Waals surface area contributed by atoms with Crippen molar-refractivity contribution in [2.24, 2.45) is 10.8 Å². The number of nitrogens with zero attached hydrogens (tertiary/aromatic N) is 6. The fraction of sp³-hybridized carbons (Fsp3) is 0.490. The number of alkyl carbamates (subject to hydrolysis) is 2. The van der Waals surface area contributed by atoms with Crippen LogP contribution in [0.15, 0.2) is 67.1 Å². The normalized spacial score (nSPS) is 16.2. The van der Waals surface area contributed by atoms with Crippen LogP contribution in [0.25, 0.3) is 11.1 Å². The lowest BCUT2D eigenvalue weighted by atomic mass is 9.82. The molecule has 5 N–H and O–H groups in total. The van der Waals surface area contributed by atoms with Crippen LogP contribution in [-0.2, 0) is 36.8 Å². The summed E-state index contributed by atoms with van der Waals surface area (Å²) in [5, 5.41) is 21.9. The van der Waals surface area contributed by atoms with Crippen molar-refractivity contribution in [3.63, 3.8) is 0 Å². The minimum Gasteiger partial charge on any atom is -0.453 e. The topological polar surface area (TPSA) is 205 Å². The monoisotopic (exact) mass is 1130 g/mol. The maximum absolute atomic E-state index is 16.0. The molecule has 28 heteroatoms. The fourth-order valence-corrected chi connectivity index (χ4v) is 8.33. The molecule has 0 spiro atoms. The zero-order chi connectivity index (χ0) is 58.2. The Labute approximate surface area is 447 Å². The minimum absolute atomic E-state index is 0.175. The van der Waals surface area contributed by atoms with Crippen molar-refractivity contribution in [3.05, 3.63) is 101 Å². The van der Waals surface area contributed by atoms with E-state index < -0.39 is 115 Å². The van der Waals surface area contributed by atoms with E-state index in [2.05, 4.69) is 46.5 Å². The molecule has 4 atom stereocenters. The van der Waals surface area contributed by atoms with E-state index in [1.807, 2.05) is 16.8 Å². The van der Waals surface area contributed by atoms with Crippen LogP contribution in [0.1, 0.15) is 56.5 Å². The quantitative estimate of drug-likeness (QED) is 0.0411. The van der Waals surface area contributed by atoms with Gasteiger partial charge in [-0.1, -0.05) is 24.0 Å². The van der Waals surface area contributed by atoms with Crippen molar-refractivity contribution in [1.82, 2.24) is 46.0 Å². The van der Waals surface area contributed by atoms with Crippen molar-refractivity contribution < 1.29 is 82.4 Å².